The number of carbonyl (C=O) groups is 1. The second-order valence-electron chi connectivity index (χ2n) is 9.36. The number of nitrogens with zero attached hydrogens (tertiary/aromatic N) is 2. The van der Waals surface area contributed by atoms with E-state index < -0.39 is 33.1 Å². The fraction of sp³-hybridized carbons (Fsp3) is 0.462. The molecule has 1 amide bonds. The molecule has 0 radical (unpaired) electrons. The minimum atomic E-state index is -1.58. The summed E-state index contributed by atoms with van der Waals surface area (Å²) in [7, 11) is -1.58. The van der Waals surface area contributed by atoms with Gasteiger partial charge >= 0.3 is 0 Å². The van der Waals surface area contributed by atoms with Crippen molar-refractivity contribution in [3.63, 3.8) is 0 Å². The molecule has 1 aromatic carbocycles. The zero-order valence-electron chi connectivity index (χ0n) is 22.5. The van der Waals surface area contributed by atoms with E-state index in [0.717, 1.165) is 5.69 Å². The van der Waals surface area contributed by atoms with E-state index in [2.05, 4.69) is 61.6 Å². The average Bonchev–Trinajstić information content (AvgIpc) is 3.13. The Morgan fingerprint density at radius 1 is 1.26 bits per heavy atom. The van der Waals surface area contributed by atoms with Crippen LogP contribution in [0.1, 0.15) is 34.6 Å². The molecule has 12 heteroatoms. The van der Waals surface area contributed by atoms with Gasteiger partial charge in [-0.2, -0.15) is 5.48 Å². The molecular formula is C26H38N5O5PS. The molecule has 0 aromatic heterocycles. The van der Waals surface area contributed by atoms with Crippen LogP contribution in [0.25, 0.3) is 0 Å². The quantitative estimate of drug-likeness (QED) is 0.112. The fourth-order valence-corrected chi connectivity index (χ4v) is 6.08. The minimum Gasteiger partial charge on any atom is -0.460 e. The molecule has 2 aliphatic heterocycles. The van der Waals surface area contributed by atoms with Crippen LogP contribution in [-0.2, 0) is 23.4 Å². The van der Waals surface area contributed by atoms with Crippen LogP contribution in [-0.4, -0.2) is 63.8 Å². The number of hydrogen-bond acceptors (Lipinski definition) is 9. The van der Waals surface area contributed by atoms with Gasteiger partial charge in [0.25, 0.3) is 19.6 Å². The van der Waals surface area contributed by atoms with Crippen LogP contribution in [0.4, 0.5) is 5.69 Å². The average molecular weight is 564 g/mol. The summed E-state index contributed by atoms with van der Waals surface area (Å²) >= 11 is 5.57. The lowest BCUT2D eigenvalue weighted by molar-refractivity contribution is -0.118. The van der Waals surface area contributed by atoms with E-state index in [-0.39, 0.29) is 23.2 Å². The highest BCUT2D eigenvalue weighted by Gasteiger charge is 2.51. The van der Waals surface area contributed by atoms with E-state index in [9.17, 15) is 4.79 Å². The maximum absolute atomic E-state index is 11.9. The van der Waals surface area contributed by atoms with Gasteiger partial charge in [0.1, 0.15) is 11.9 Å². The molecule has 0 saturated carbocycles. The number of rotatable bonds is 12. The third-order valence-corrected chi connectivity index (χ3v) is 7.96. The first-order valence-electron chi connectivity index (χ1n) is 12.5. The molecule has 1 saturated heterocycles. The number of thiocarbonyl (C=S) groups is 1. The SMILES string of the molecule is C=CCNOP(OC1[C@@H](C)O[C@@H](N2C=CC(=O)NC2=C)[C@H]1OC(=S)Nc1ccccc1)N(C(C)C)C(C)C. The predicted octanol–water partition coefficient (Wildman–Crippen LogP) is 4.37. The van der Waals surface area contributed by atoms with Crippen LogP contribution in [0.15, 0.2) is 67.7 Å². The van der Waals surface area contributed by atoms with Crippen LogP contribution in [0.3, 0.4) is 0 Å². The van der Waals surface area contributed by atoms with E-state index in [0.29, 0.717) is 12.4 Å². The first-order chi connectivity index (χ1) is 18.1. The Hall–Kier alpha value is -2.37. The van der Waals surface area contributed by atoms with Gasteiger partial charge in [0, 0.05) is 36.6 Å². The van der Waals surface area contributed by atoms with Crippen LogP contribution in [0, 0.1) is 0 Å². The molecule has 0 bridgehead atoms. The zero-order chi connectivity index (χ0) is 27.8. The Balaban J connectivity index is 1.90. The number of para-hydroxylation sites is 1. The summed E-state index contributed by atoms with van der Waals surface area (Å²) in [5, 5.41) is 5.98. The van der Waals surface area contributed by atoms with Crippen molar-refractivity contribution >= 4 is 37.5 Å². The summed E-state index contributed by atoms with van der Waals surface area (Å²) in [6.45, 7) is 18.4. The topological polar surface area (TPSA) is 96.6 Å². The Kier molecular flexibility index (Phi) is 11.2. The molecule has 2 heterocycles. The van der Waals surface area contributed by atoms with Crippen molar-refractivity contribution in [1.82, 2.24) is 20.4 Å². The molecule has 38 heavy (non-hydrogen) atoms. The maximum atomic E-state index is 11.9. The number of hydroxylamine groups is 1. The Labute approximate surface area is 231 Å². The van der Waals surface area contributed by atoms with Gasteiger partial charge in [-0.1, -0.05) is 30.9 Å². The van der Waals surface area contributed by atoms with Crippen molar-refractivity contribution in [2.24, 2.45) is 0 Å². The summed E-state index contributed by atoms with van der Waals surface area (Å²) in [4.78, 5) is 13.6. The molecule has 0 aliphatic carbocycles. The third kappa shape index (κ3) is 7.83. The highest BCUT2D eigenvalue weighted by molar-refractivity contribution is 7.80. The van der Waals surface area contributed by atoms with Gasteiger partial charge in [-0.05, 0) is 59.0 Å². The van der Waals surface area contributed by atoms with Crippen molar-refractivity contribution in [3.05, 3.63) is 67.7 Å². The van der Waals surface area contributed by atoms with Crippen molar-refractivity contribution < 1.29 is 23.4 Å². The standard InChI is InChI=1S/C26H38N5O5PS/c1-8-15-27-36-37(31(17(2)3)18(4)5)35-23-19(6)33-25(30-16-14-22(32)28-20(30)7)24(23)34-26(38)29-21-12-10-9-11-13-21/h8-14,16-19,23-25,27H,1,7,15H2,2-6H3,(H,28,32)(H,29,38)/t19-,23?,24+,25-,37?/m1/s1. The van der Waals surface area contributed by atoms with Crippen LogP contribution in [0.5, 0.6) is 0 Å². The van der Waals surface area contributed by atoms with Crippen molar-refractivity contribution in [2.75, 3.05) is 11.9 Å². The Bertz CT molecular complexity index is 1000. The van der Waals surface area contributed by atoms with Gasteiger partial charge in [0.05, 0.1) is 6.10 Å². The minimum absolute atomic E-state index is 0.139. The van der Waals surface area contributed by atoms with Gasteiger partial charge in [-0.25, -0.2) is 9.29 Å². The van der Waals surface area contributed by atoms with Gasteiger partial charge in [0.2, 0.25) is 0 Å². The summed E-state index contributed by atoms with van der Waals surface area (Å²) in [5.41, 5.74) is 3.72. The first kappa shape index (κ1) is 30.2. The normalized spacial score (nSPS) is 24.2. The van der Waals surface area contributed by atoms with E-state index >= 15 is 0 Å². The van der Waals surface area contributed by atoms with E-state index in [1.165, 1.54) is 6.08 Å². The van der Waals surface area contributed by atoms with E-state index in [1.807, 2.05) is 37.3 Å². The molecular weight excluding hydrogens is 525 g/mol. The van der Waals surface area contributed by atoms with E-state index in [4.69, 9.17) is 30.8 Å². The van der Waals surface area contributed by atoms with Gasteiger partial charge in [-0.15, -0.1) is 6.58 Å². The van der Waals surface area contributed by atoms with Crippen molar-refractivity contribution in [2.45, 2.75) is 71.2 Å². The summed E-state index contributed by atoms with van der Waals surface area (Å²) in [5.74, 6) is 0.0987. The summed E-state index contributed by atoms with van der Waals surface area (Å²) in [6, 6.07) is 9.78. The molecule has 10 nitrogen and oxygen atoms in total. The molecule has 2 unspecified atom stereocenters. The largest absolute Gasteiger partial charge is 0.460 e. The molecule has 2 aliphatic rings. The first-order valence-corrected chi connectivity index (χ1v) is 14.1. The van der Waals surface area contributed by atoms with Crippen LogP contribution in [0.2, 0.25) is 0 Å². The molecule has 5 atom stereocenters. The highest BCUT2D eigenvalue weighted by Crippen LogP contribution is 2.49. The van der Waals surface area contributed by atoms with Crippen molar-refractivity contribution in [3.8, 4) is 0 Å². The molecule has 208 valence electrons. The smallest absolute Gasteiger partial charge is 0.277 e. The highest BCUT2D eigenvalue weighted by atomic mass is 32.1. The lowest BCUT2D eigenvalue weighted by Crippen LogP contribution is -2.49. The van der Waals surface area contributed by atoms with Gasteiger partial charge in [0.15, 0.2) is 12.3 Å². The zero-order valence-corrected chi connectivity index (χ0v) is 24.2. The van der Waals surface area contributed by atoms with Gasteiger partial charge in [-0.3, -0.25) is 4.79 Å². The van der Waals surface area contributed by atoms with Gasteiger partial charge < -0.3 is 29.5 Å². The molecule has 1 aromatic rings. The lowest BCUT2D eigenvalue weighted by atomic mass is 10.1. The number of anilines is 1. The Morgan fingerprint density at radius 3 is 2.55 bits per heavy atom. The monoisotopic (exact) mass is 563 g/mol. The molecule has 3 N–H and O–H groups in total. The number of amides is 1. The fourth-order valence-electron chi connectivity index (χ4n) is 4.17. The maximum Gasteiger partial charge on any atom is 0.277 e. The van der Waals surface area contributed by atoms with E-state index in [1.54, 1.807) is 17.2 Å². The number of ether oxygens (including phenoxy) is 2. The molecule has 1 fully saturated rings. The molecule has 0 spiro atoms. The Morgan fingerprint density at radius 2 is 1.95 bits per heavy atom. The van der Waals surface area contributed by atoms with Crippen LogP contribution < -0.4 is 16.1 Å². The summed E-state index contributed by atoms with van der Waals surface area (Å²) < 4.78 is 27.5. The second-order valence-corrected chi connectivity index (χ2v) is 11.1. The number of carbonyl (C=O) groups excluding carboxylic acids is 1. The number of nitrogens with one attached hydrogen (secondary N) is 3. The lowest BCUT2D eigenvalue weighted by Gasteiger charge is -2.38. The predicted molar refractivity (Wildman–Crippen MR) is 153 cm³/mol. The third-order valence-electron chi connectivity index (χ3n) is 5.75. The molecule has 3 rings (SSSR count). The second kappa shape index (κ2) is 14.1. The van der Waals surface area contributed by atoms with Crippen molar-refractivity contribution in [1.29, 1.82) is 0 Å². The van der Waals surface area contributed by atoms with Crippen LogP contribution >= 0.6 is 20.7 Å². The summed E-state index contributed by atoms with van der Waals surface area (Å²) in [6.07, 6.45) is 2.37. The number of benzene rings is 1. The number of hydrogen-bond donors (Lipinski definition) is 3.